The van der Waals surface area contributed by atoms with Crippen molar-refractivity contribution < 1.29 is 13.9 Å². The average Bonchev–Trinajstić information content (AvgIpc) is 2.26. The molecule has 0 heterocycles. The van der Waals surface area contributed by atoms with E-state index in [-0.39, 0.29) is 12.2 Å². The largest absolute Gasteiger partial charge is 0.494 e. The van der Waals surface area contributed by atoms with Gasteiger partial charge in [0.05, 0.1) is 7.11 Å². The van der Waals surface area contributed by atoms with Crippen molar-refractivity contribution >= 4 is 6.29 Å². The van der Waals surface area contributed by atoms with Crippen LogP contribution >= 0.6 is 0 Å². The SMILES string of the molecule is COC1=C(F)C=C(CC=O)CC(C)=C1. The van der Waals surface area contributed by atoms with E-state index in [1.165, 1.54) is 13.2 Å². The van der Waals surface area contributed by atoms with Gasteiger partial charge in [0.2, 0.25) is 0 Å². The predicted molar refractivity (Wildman–Crippen MR) is 52.3 cm³/mol. The second-order valence-corrected chi connectivity index (χ2v) is 3.26. The molecule has 2 nitrogen and oxygen atoms in total. The Kier molecular flexibility index (Phi) is 3.63. The fraction of sp³-hybridized carbons (Fsp3) is 0.364. The van der Waals surface area contributed by atoms with Crippen molar-refractivity contribution in [3.8, 4) is 0 Å². The number of allylic oxidation sites excluding steroid dienone is 5. The minimum absolute atomic E-state index is 0.225. The maximum atomic E-state index is 13.4. The summed E-state index contributed by atoms with van der Waals surface area (Å²) in [5.41, 5.74) is 1.76. The Labute approximate surface area is 82.8 Å². The van der Waals surface area contributed by atoms with Crippen molar-refractivity contribution in [1.82, 2.24) is 0 Å². The second-order valence-electron chi connectivity index (χ2n) is 3.26. The van der Waals surface area contributed by atoms with Gasteiger partial charge < -0.3 is 9.53 Å². The number of methoxy groups -OCH3 is 1. The zero-order valence-electron chi connectivity index (χ0n) is 8.34. The van der Waals surface area contributed by atoms with Crippen LogP contribution in [0.25, 0.3) is 0 Å². The van der Waals surface area contributed by atoms with Crippen molar-refractivity contribution in [2.24, 2.45) is 0 Å². The first-order valence-corrected chi connectivity index (χ1v) is 4.41. The summed E-state index contributed by atoms with van der Waals surface area (Å²) in [5, 5.41) is 0. The molecule has 0 aliphatic heterocycles. The van der Waals surface area contributed by atoms with E-state index in [1.807, 2.05) is 6.92 Å². The highest BCUT2D eigenvalue weighted by molar-refractivity contribution is 5.56. The Bertz CT molecular complexity index is 324. The van der Waals surface area contributed by atoms with E-state index in [0.29, 0.717) is 6.42 Å². The molecule has 0 aromatic carbocycles. The molecule has 0 N–H and O–H groups in total. The maximum absolute atomic E-state index is 13.4. The zero-order valence-corrected chi connectivity index (χ0v) is 8.34. The molecule has 1 aliphatic carbocycles. The Morgan fingerprint density at radius 1 is 1.57 bits per heavy atom. The van der Waals surface area contributed by atoms with Gasteiger partial charge in [-0.15, -0.1) is 0 Å². The number of carbonyl (C=O) groups is 1. The van der Waals surface area contributed by atoms with Crippen LogP contribution in [0.1, 0.15) is 19.8 Å². The van der Waals surface area contributed by atoms with Crippen LogP contribution in [0.5, 0.6) is 0 Å². The minimum atomic E-state index is -0.416. The van der Waals surface area contributed by atoms with Gasteiger partial charge in [-0.2, -0.15) is 0 Å². The molecule has 76 valence electrons. The summed E-state index contributed by atoms with van der Waals surface area (Å²) in [6, 6.07) is 0. The second kappa shape index (κ2) is 4.74. The molecule has 0 bridgehead atoms. The predicted octanol–water partition coefficient (Wildman–Crippen LogP) is 2.68. The number of rotatable bonds is 3. The van der Waals surface area contributed by atoms with Gasteiger partial charge in [0, 0.05) is 6.42 Å². The van der Waals surface area contributed by atoms with E-state index in [9.17, 15) is 9.18 Å². The maximum Gasteiger partial charge on any atom is 0.165 e. The number of hydrogen-bond donors (Lipinski definition) is 0. The van der Waals surface area contributed by atoms with Crippen LogP contribution in [0.3, 0.4) is 0 Å². The summed E-state index contributed by atoms with van der Waals surface area (Å²) in [4.78, 5) is 10.3. The first kappa shape index (κ1) is 10.7. The highest BCUT2D eigenvalue weighted by Crippen LogP contribution is 2.24. The molecule has 0 unspecified atom stereocenters. The van der Waals surface area contributed by atoms with E-state index < -0.39 is 5.83 Å². The lowest BCUT2D eigenvalue weighted by molar-refractivity contribution is -0.107. The Hall–Kier alpha value is -1.38. The molecule has 0 atom stereocenters. The molecule has 1 aliphatic rings. The topological polar surface area (TPSA) is 26.3 Å². The van der Waals surface area contributed by atoms with Crippen LogP contribution in [0, 0.1) is 0 Å². The number of aldehydes is 1. The van der Waals surface area contributed by atoms with Gasteiger partial charge in [0.1, 0.15) is 6.29 Å². The van der Waals surface area contributed by atoms with Gasteiger partial charge in [-0.3, -0.25) is 0 Å². The quantitative estimate of drug-likeness (QED) is 0.649. The third kappa shape index (κ3) is 2.55. The standard InChI is InChI=1S/C11H13FO2/c1-8-5-9(3-4-13)7-10(12)11(6-8)14-2/h4,6-7H,3,5H2,1-2H3. The summed E-state index contributed by atoms with van der Waals surface area (Å²) in [5.74, 6) is -0.190. The molecule has 0 radical (unpaired) electrons. The highest BCUT2D eigenvalue weighted by Gasteiger charge is 2.10. The lowest BCUT2D eigenvalue weighted by atomic mass is 10.1. The van der Waals surface area contributed by atoms with Crippen molar-refractivity contribution in [3.05, 3.63) is 34.9 Å². The van der Waals surface area contributed by atoms with E-state index in [2.05, 4.69) is 0 Å². The first-order valence-electron chi connectivity index (χ1n) is 4.41. The molecular formula is C11H13FO2. The lowest BCUT2D eigenvalue weighted by Gasteiger charge is -2.00. The average molecular weight is 196 g/mol. The van der Waals surface area contributed by atoms with E-state index in [1.54, 1.807) is 6.08 Å². The van der Waals surface area contributed by atoms with Gasteiger partial charge >= 0.3 is 0 Å². The molecule has 14 heavy (non-hydrogen) atoms. The monoisotopic (exact) mass is 196 g/mol. The van der Waals surface area contributed by atoms with E-state index in [4.69, 9.17) is 4.74 Å². The van der Waals surface area contributed by atoms with Crippen LogP contribution in [0.2, 0.25) is 0 Å². The molecule has 3 heteroatoms. The molecular weight excluding hydrogens is 183 g/mol. The van der Waals surface area contributed by atoms with Crippen LogP contribution < -0.4 is 0 Å². The number of ether oxygens (including phenoxy) is 1. The lowest BCUT2D eigenvalue weighted by Crippen LogP contribution is -1.85. The normalized spacial score (nSPS) is 17.1. The van der Waals surface area contributed by atoms with Crippen LogP contribution in [-0.2, 0) is 9.53 Å². The highest BCUT2D eigenvalue weighted by atomic mass is 19.1. The van der Waals surface area contributed by atoms with Crippen molar-refractivity contribution in [3.63, 3.8) is 0 Å². The molecule has 0 aromatic heterocycles. The van der Waals surface area contributed by atoms with E-state index >= 15 is 0 Å². The Balaban J connectivity index is 3.01. The number of hydrogen-bond acceptors (Lipinski definition) is 2. The molecule has 0 amide bonds. The molecule has 0 aromatic rings. The number of carbonyl (C=O) groups excluding carboxylic acids is 1. The van der Waals surface area contributed by atoms with Crippen LogP contribution in [0.15, 0.2) is 34.9 Å². The summed E-state index contributed by atoms with van der Waals surface area (Å²) in [6.07, 6.45) is 4.71. The van der Waals surface area contributed by atoms with Gasteiger partial charge in [-0.1, -0.05) is 11.1 Å². The molecule has 0 spiro atoms. The molecule has 0 saturated heterocycles. The molecule has 0 fully saturated rings. The number of halogens is 1. The Morgan fingerprint density at radius 3 is 2.86 bits per heavy atom. The fourth-order valence-corrected chi connectivity index (χ4v) is 1.40. The minimum Gasteiger partial charge on any atom is -0.494 e. The van der Waals surface area contributed by atoms with Crippen molar-refractivity contribution in [1.29, 1.82) is 0 Å². The third-order valence-electron chi connectivity index (χ3n) is 2.02. The smallest absolute Gasteiger partial charge is 0.165 e. The summed E-state index contributed by atoms with van der Waals surface area (Å²) in [6.45, 7) is 1.89. The van der Waals surface area contributed by atoms with Crippen LogP contribution in [0.4, 0.5) is 4.39 Å². The van der Waals surface area contributed by atoms with Gasteiger partial charge in [0.25, 0.3) is 0 Å². The van der Waals surface area contributed by atoms with E-state index in [0.717, 1.165) is 17.4 Å². The summed E-state index contributed by atoms with van der Waals surface area (Å²) < 4.78 is 18.2. The molecule has 0 saturated carbocycles. The molecule has 1 rings (SSSR count). The third-order valence-corrected chi connectivity index (χ3v) is 2.02. The van der Waals surface area contributed by atoms with Gasteiger partial charge in [-0.25, -0.2) is 4.39 Å². The van der Waals surface area contributed by atoms with Crippen LogP contribution in [-0.4, -0.2) is 13.4 Å². The summed E-state index contributed by atoms with van der Waals surface area (Å²) in [7, 11) is 1.43. The first-order chi connectivity index (χ1) is 6.67. The zero-order chi connectivity index (χ0) is 10.6. The van der Waals surface area contributed by atoms with Gasteiger partial charge in [0.15, 0.2) is 11.6 Å². The van der Waals surface area contributed by atoms with Crippen molar-refractivity contribution in [2.45, 2.75) is 19.8 Å². The van der Waals surface area contributed by atoms with Crippen molar-refractivity contribution in [2.75, 3.05) is 7.11 Å². The van der Waals surface area contributed by atoms with Gasteiger partial charge in [-0.05, 0) is 25.5 Å². The summed E-state index contributed by atoms with van der Waals surface area (Å²) >= 11 is 0. The fourth-order valence-electron chi connectivity index (χ4n) is 1.40. The Morgan fingerprint density at radius 2 is 2.29 bits per heavy atom.